The number of alkyl halides is 2. The highest BCUT2D eigenvalue weighted by atomic mass is 19.3. The summed E-state index contributed by atoms with van der Waals surface area (Å²) in [5, 5.41) is 8.47. The molecule has 1 aromatic rings. The minimum atomic E-state index is -2.72. The summed E-state index contributed by atoms with van der Waals surface area (Å²) >= 11 is 0. The number of aromatic amines is 1. The molecule has 1 rings (SSSR count). The summed E-state index contributed by atoms with van der Waals surface area (Å²) in [6.45, 7) is 1.44. The molecule has 0 unspecified atom stereocenters. The first kappa shape index (κ1) is 9.39. The van der Waals surface area contributed by atoms with Gasteiger partial charge in [-0.15, -0.1) is 0 Å². The average molecular weight is 184 g/mol. The van der Waals surface area contributed by atoms with Crippen LogP contribution < -0.4 is 5.56 Å². The summed E-state index contributed by atoms with van der Waals surface area (Å²) in [5.41, 5.74) is -1.08. The van der Waals surface area contributed by atoms with Crippen LogP contribution in [0.1, 0.15) is 23.2 Å². The molecule has 0 aliphatic carbocycles. The largest absolute Gasteiger partial charge is 0.320 e. The van der Waals surface area contributed by atoms with Crippen molar-refractivity contribution >= 4 is 0 Å². The van der Waals surface area contributed by atoms with Gasteiger partial charge in [0.05, 0.1) is 5.69 Å². The molecule has 0 fully saturated rings. The molecule has 3 nitrogen and oxygen atoms in total. The van der Waals surface area contributed by atoms with E-state index in [4.69, 9.17) is 5.26 Å². The van der Waals surface area contributed by atoms with Gasteiger partial charge in [-0.25, -0.2) is 8.78 Å². The zero-order valence-electron chi connectivity index (χ0n) is 6.77. The van der Waals surface area contributed by atoms with Crippen molar-refractivity contribution in [2.75, 3.05) is 0 Å². The quantitative estimate of drug-likeness (QED) is 0.718. The number of aryl methyl sites for hydroxylation is 1. The third kappa shape index (κ3) is 1.72. The minimum Gasteiger partial charge on any atom is -0.320 e. The lowest BCUT2D eigenvalue weighted by atomic mass is 10.1. The Morgan fingerprint density at radius 2 is 2.23 bits per heavy atom. The molecular formula is C8H6F2N2O. The summed E-state index contributed by atoms with van der Waals surface area (Å²) in [5.74, 6) is 0. The SMILES string of the molecule is Cc1cc(C(F)F)[nH]c(=O)c1C#N. The number of hydrogen-bond acceptors (Lipinski definition) is 2. The maximum absolute atomic E-state index is 12.1. The van der Waals surface area contributed by atoms with E-state index < -0.39 is 17.7 Å². The maximum Gasteiger partial charge on any atom is 0.278 e. The van der Waals surface area contributed by atoms with Crippen molar-refractivity contribution in [2.45, 2.75) is 13.3 Å². The van der Waals surface area contributed by atoms with Gasteiger partial charge < -0.3 is 4.98 Å². The molecular weight excluding hydrogens is 178 g/mol. The Kier molecular flexibility index (Phi) is 2.42. The highest BCUT2D eigenvalue weighted by Gasteiger charge is 2.11. The third-order valence-corrected chi connectivity index (χ3v) is 1.60. The zero-order valence-corrected chi connectivity index (χ0v) is 6.77. The molecule has 0 saturated carbocycles. The first-order chi connectivity index (χ1) is 6.06. The Bertz CT molecular complexity index is 417. The summed E-state index contributed by atoms with van der Waals surface area (Å²) in [6, 6.07) is 2.74. The molecule has 0 amide bonds. The van der Waals surface area contributed by atoms with Gasteiger partial charge >= 0.3 is 0 Å². The number of halogens is 2. The van der Waals surface area contributed by atoms with Crippen LogP contribution in [0.3, 0.4) is 0 Å². The van der Waals surface area contributed by atoms with Crippen LogP contribution in [0.4, 0.5) is 8.78 Å². The maximum atomic E-state index is 12.1. The fourth-order valence-corrected chi connectivity index (χ4v) is 0.971. The van der Waals surface area contributed by atoms with Crippen LogP contribution in [-0.4, -0.2) is 4.98 Å². The lowest BCUT2D eigenvalue weighted by Crippen LogP contribution is -2.14. The van der Waals surface area contributed by atoms with Crippen molar-refractivity contribution < 1.29 is 8.78 Å². The van der Waals surface area contributed by atoms with E-state index in [0.717, 1.165) is 6.07 Å². The lowest BCUT2D eigenvalue weighted by Gasteiger charge is -2.01. The Labute approximate surface area is 72.6 Å². The zero-order chi connectivity index (χ0) is 10.0. The van der Waals surface area contributed by atoms with E-state index in [-0.39, 0.29) is 11.1 Å². The molecule has 1 aromatic heterocycles. The molecule has 1 N–H and O–H groups in total. The second kappa shape index (κ2) is 3.35. The summed E-state index contributed by atoms with van der Waals surface area (Å²) in [7, 11) is 0. The van der Waals surface area contributed by atoms with Crippen LogP contribution in [0.15, 0.2) is 10.9 Å². The van der Waals surface area contributed by atoms with Crippen molar-refractivity contribution in [1.82, 2.24) is 4.98 Å². The van der Waals surface area contributed by atoms with Gasteiger partial charge in [-0.1, -0.05) is 0 Å². The Balaban J connectivity index is 3.40. The number of rotatable bonds is 1. The number of nitriles is 1. The first-order valence-corrected chi connectivity index (χ1v) is 3.48. The van der Waals surface area contributed by atoms with E-state index in [2.05, 4.69) is 0 Å². The van der Waals surface area contributed by atoms with E-state index in [1.54, 1.807) is 6.07 Å². The second-order valence-corrected chi connectivity index (χ2v) is 2.52. The number of aromatic nitrogens is 1. The van der Waals surface area contributed by atoms with E-state index in [9.17, 15) is 13.6 Å². The van der Waals surface area contributed by atoms with Gasteiger partial charge in [-0.2, -0.15) is 5.26 Å². The number of nitrogens with one attached hydrogen (secondary N) is 1. The number of hydrogen-bond donors (Lipinski definition) is 1. The van der Waals surface area contributed by atoms with E-state index in [1.807, 2.05) is 4.98 Å². The van der Waals surface area contributed by atoms with Crippen LogP contribution in [0, 0.1) is 18.3 Å². The van der Waals surface area contributed by atoms with E-state index in [1.165, 1.54) is 6.92 Å². The fraction of sp³-hybridized carbons (Fsp3) is 0.250. The Morgan fingerprint density at radius 1 is 1.62 bits per heavy atom. The predicted molar refractivity (Wildman–Crippen MR) is 41.5 cm³/mol. The van der Waals surface area contributed by atoms with Crippen molar-refractivity contribution in [2.24, 2.45) is 0 Å². The van der Waals surface area contributed by atoms with Crippen molar-refractivity contribution in [3.8, 4) is 6.07 Å². The van der Waals surface area contributed by atoms with Gasteiger partial charge in [0.1, 0.15) is 11.6 Å². The van der Waals surface area contributed by atoms with Gasteiger partial charge in [0, 0.05) is 0 Å². The third-order valence-electron chi connectivity index (χ3n) is 1.60. The minimum absolute atomic E-state index is 0.121. The monoisotopic (exact) mass is 184 g/mol. The van der Waals surface area contributed by atoms with E-state index in [0.29, 0.717) is 0 Å². The predicted octanol–water partition coefficient (Wildman–Crippen LogP) is 1.49. The van der Waals surface area contributed by atoms with Crippen LogP contribution in [0.2, 0.25) is 0 Å². The summed E-state index contributed by atoms with van der Waals surface area (Å²) in [6.07, 6.45) is -2.72. The molecule has 68 valence electrons. The molecule has 0 bridgehead atoms. The Hall–Kier alpha value is -1.70. The standard InChI is InChI=1S/C8H6F2N2O/c1-4-2-6(7(9)10)12-8(13)5(4)3-11/h2,7H,1H3,(H,12,13). The van der Waals surface area contributed by atoms with Crippen LogP contribution in [-0.2, 0) is 0 Å². The van der Waals surface area contributed by atoms with Crippen molar-refractivity contribution in [3.05, 3.63) is 33.2 Å². The lowest BCUT2D eigenvalue weighted by molar-refractivity contribution is 0.145. The van der Waals surface area contributed by atoms with Crippen LogP contribution in [0.5, 0.6) is 0 Å². The van der Waals surface area contributed by atoms with E-state index >= 15 is 0 Å². The number of H-pyrrole nitrogens is 1. The molecule has 13 heavy (non-hydrogen) atoms. The van der Waals surface area contributed by atoms with Gasteiger partial charge in [-0.3, -0.25) is 4.79 Å². The van der Waals surface area contributed by atoms with Gasteiger partial charge in [0.2, 0.25) is 0 Å². The van der Waals surface area contributed by atoms with Gasteiger partial charge in [0.15, 0.2) is 0 Å². The molecule has 0 saturated heterocycles. The normalized spacial score (nSPS) is 10.1. The van der Waals surface area contributed by atoms with Crippen LogP contribution >= 0.6 is 0 Å². The molecule has 0 radical (unpaired) electrons. The highest BCUT2D eigenvalue weighted by molar-refractivity contribution is 5.35. The summed E-state index contributed by atoms with van der Waals surface area (Å²) < 4.78 is 24.2. The molecule has 0 aliphatic heterocycles. The number of pyridine rings is 1. The first-order valence-electron chi connectivity index (χ1n) is 3.48. The van der Waals surface area contributed by atoms with Gasteiger partial charge in [-0.05, 0) is 18.6 Å². The fourth-order valence-electron chi connectivity index (χ4n) is 0.971. The second-order valence-electron chi connectivity index (χ2n) is 2.52. The molecule has 0 aliphatic rings. The highest BCUT2D eigenvalue weighted by Crippen LogP contribution is 2.16. The molecule has 1 heterocycles. The van der Waals surface area contributed by atoms with Gasteiger partial charge in [0.25, 0.3) is 12.0 Å². The van der Waals surface area contributed by atoms with Crippen molar-refractivity contribution in [1.29, 1.82) is 5.26 Å². The molecule has 0 atom stereocenters. The van der Waals surface area contributed by atoms with Crippen LogP contribution in [0.25, 0.3) is 0 Å². The summed E-state index contributed by atoms with van der Waals surface area (Å²) in [4.78, 5) is 12.9. The van der Waals surface area contributed by atoms with Crippen molar-refractivity contribution in [3.63, 3.8) is 0 Å². The smallest absolute Gasteiger partial charge is 0.278 e. The molecule has 0 aromatic carbocycles. The Morgan fingerprint density at radius 3 is 2.62 bits per heavy atom. The topological polar surface area (TPSA) is 56.6 Å². The average Bonchev–Trinajstić information content (AvgIpc) is 2.03. The number of nitrogens with zero attached hydrogens (tertiary/aromatic N) is 1. The molecule has 0 spiro atoms. The molecule has 5 heteroatoms.